The minimum absolute atomic E-state index is 0.181. The largest absolute Gasteiger partial charge is 0.355 e. The Bertz CT molecular complexity index is 1040. The van der Waals surface area contributed by atoms with E-state index in [0.717, 1.165) is 16.3 Å². The number of benzene rings is 3. The van der Waals surface area contributed by atoms with E-state index in [0.29, 0.717) is 18.5 Å². The molecular weight excluding hydrogens is 365 g/mol. The van der Waals surface area contributed by atoms with Crippen molar-refractivity contribution < 1.29 is 17.6 Å². The molecule has 1 amide bonds. The number of carbonyl (C=O) groups is 1. The molecule has 140 valence electrons. The van der Waals surface area contributed by atoms with Crippen LogP contribution in [0.3, 0.4) is 0 Å². The van der Waals surface area contributed by atoms with Gasteiger partial charge < -0.3 is 5.32 Å². The first kappa shape index (κ1) is 19.0. The Balaban J connectivity index is 1.57. The number of hydrogen-bond acceptors (Lipinski definition) is 3. The minimum Gasteiger partial charge on any atom is -0.355 e. The first-order valence-corrected chi connectivity index (χ1v) is 10.4. The average Bonchev–Trinajstić information content (AvgIpc) is 2.63. The molecule has 0 atom stereocenters. The summed E-state index contributed by atoms with van der Waals surface area (Å²) in [6.07, 6.45) is 0.509. The van der Waals surface area contributed by atoms with Gasteiger partial charge in [0, 0.05) is 6.54 Å². The van der Waals surface area contributed by atoms with Crippen LogP contribution in [0.4, 0.5) is 4.39 Å². The number of halogens is 1. The van der Waals surface area contributed by atoms with Crippen molar-refractivity contribution in [3.05, 3.63) is 83.7 Å². The number of sulfone groups is 1. The lowest BCUT2D eigenvalue weighted by atomic mass is 10.1. The summed E-state index contributed by atoms with van der Waals surface area (Å²) in [7, 11) is -3.59. The molecule has 0 saturated heterocycles. The molecule has 0 radical (unpaired) electrons. The predicted octanol–water partition coefficient (Wildman–Crippen LogP) is 3.25. The highest BCUT2D eigenvalue weighted by atomic mass is 32.2. The maximum absolute atomic E-state index is 12.9. The maximum atomic E-state index is 12.9. The molecule has 0 aliphatic carbocycles. The quantitative estimate of drug-likeness (QED) is 0.679. The van der Waals surface area contributed by atoms with Crippen LogP contribution in [0.15, 0.2) is 66.7 Å². The molecule has 0 heterocycles. The monoisotopic (exact) mass is 385 g/mol. The molecule has 3 rings (SSSR count). The smallest absolute Gasteiger partial charge is 0.235 e. The molecule has 1 N–H and O–H groups in total. The summed E-state index contributed by atoms with van der Waals surface area (Å²) in [5, 5.41) is 4.45. The average molecular weight is 385 g/mol. The van der Waals surface area contributed by atoms with E-state index in [9.17, 15) is 17.6 Å². The van der Waals surface area contributed by atoms with Gasteiger partial charge >= 0.3 is 0 Å². The molecule has 4 nitrogen and oxygen atoms in total. The molecule has 0 unspecified atom stereocenters. The fourth-order valence-electron chi connectivity index (χ4n) is 2.95. The molecule has 0 fully saturated rings. The van der Waals surface area contributed by atoms with Crippen LogP contribution in [0.5, 0.6) is 0 Å². The van der Waals surface area contributed by atoms with Gasteiger partial charge in [0.15, 0.2) is 9.84 Å². The molecule has 0 aromatic heterocycles. The van der Waals surface area contributed by atoms with Crippen molar-refractivity contribution in [3.63, 3.8) is 0 Å². The van der Waals surface area contributed by atoms with Gasteiger partial charge in [-0.25, -0.2) is 12.8 Å². The van der Waals surface area contributed by atoms with Gasteiger partial charge in [-0.1, -0.05) is 54.6 Å². The third kappa shape index (κ3) is 5.37. The highest BCUT2D eigenvalue weighted by Crippen LogP contribution is 2.20. The summed E-state index contributed by atoms with van der Waals surface area (Å²) >= 11 is 0. The fourth-order valence-corrected chi connectivity index (χ4v) is 4.28. The van der Waals surface area contributed by atoms with Crippen molar-refractivity contribution in [2.45, 2.75) is 12.2 Å². The molecular formula is C21H20FNO3S. The Morgan fingerprint density at radius 1 is 0.926 bits per heavy atom. The maximum Gasteiger partial charge on any atom is 0.235 e. The lowest BCUT2D eigenvalue weighted by molar-refractivity contribution is -0.118. The number of hydrogen-bond donors (Lipinski definition) is 1. The lowest BCUT2D eigenvalue weighted by Gasteiger charge is -2.09. The summed E-state index contributed by atoms with van der Waals surface area (Å²) in [5.74, 6) is -1.58. The van der Waals surface area contributed by atoms with E-state index in [1.165, 1.54) is 12.1 Å². The summed E-state index contributed by atoms with van der Waals surface area (Å²) in [4.78, 5) is 12.0. The zero-order chi connectivity index (χ0) is 19.3. The Hall–Kier alpha value is -2.73. The normalized spacial score (nSPS) is 11.4. The second-order valence-corrected chi connectivity index (χ2v) is 8.46. The van der Waals surface area contributed by atoms with Gasteiger partial charge in [0.2, 0.25) is 5.91 Å². The SMILES string of the molecule is O=C(CS(=O)(=O)Cc1cccc2ccccc12)NCCc1ccc(F)cc1. The number of rotatable bonds is 7. The van der Waals surface area contributed by atoms with Gasteiger partial charge in [-0.05, 0) is 40.5 Å². The summed E-state index contributed by atoms with van der Waals surface area (Å²) in [6.45, 7) is 0.300. The van der Waals surface area contributed by atoms with E-state index in [4.69, 9.17) is 0 Å². The van der Waals surface area contributed by atoms with E-state index in [2.05, 4.69) is 5.32 Å². The summed E-state index contributed by atoms with van der Waals surface area (Å²) in [6, 6.07) is 19.1. The van der Waals surface area contributed by atoms with Crippen LogP contribution >= 0.6 is 0 Å². The van der Waals surface area contributed by atoms with Gasteiger partial charge in [0.25, 0.3) is 0 Å². The molecule has 6 heteroatoms. The molecule has 0 bridgehead atoms. The van der Waals surface area contributed by atoms with Gasteiger partial charge in [-0.2, -0.15) is 0 Å². The third-order valence-corrected chi connectivity index (χ3v) is 5.71. The Morgan fingerprint density at radius 2 is 1.63 bits per heavy atom. The van der Waals surface area contributed by atoms with Crippen LogP contribution in [0.2, 0.25) is 0 Å². The second kappa shape index (κ2) is 8.31. The number of nitrogens with one attached hydrogen (secondary N) is 1. The van der Waals surface area contributed by atoms with Crippen LogP contribution in [0, 0.1) is 5.82 Å². The van der Waals surface area contributed by atoms with Crippen molar-refractivity contribution in [1.29, 1.82) is 0 Å². The summed E-state index contributed by atoms with van der Waals surface area (Å²) < 4.78 is 37.7. The summed E-state index contributed by atoms with van der Waals surface area (Å²) in [5.41, 5.74) is 1.56. The number of fused-ring (bicyclic) bond motifs is 1. The standard InChI is InChI=1S/C21H20FNO3S/c22-19-10-8-16(9-11-19)12-13-23-21(24)15-27(25,26)14-18-6-3-5-17-4-1-2-7-20(17)18/h1-11H,12-15H2,(H,23,24). The zero-order valence-corrected chi connectivity index (χ0v) is 15.5. The highest BCUT2D eigenvalue weighted by Gasteiger charge is 2.18. The van der Waals surface area contributed by atoms with Gasteiger partial charge in [-0.3, -0.25) is 4.79 Å². The van der Waals surface area contributed by atoms with Crippen LogP contribution < -0.4 is 5.32 Å². The van der Waals surface area contributed by atoms with Crippen molar-refractivity contribution in [3.8, 4) is 0 Å². The Labute approximate surface area is 157 Å². The van der Waals surface area contributed by atoms with Crippen LogP contribution in [0.25, 0.3) is 10.8 Å². The first-order valence-electron chi connectivity index (χ1n) is 8.61. The fraction of sp³-hybridized carbons (Fsp3) is 0.190. The van der Waals surface area contributed by atoms with E-state index < -0.39 is 21.5 Å². The van der Waals surface area contributed by atoms with Crippen molar-refractivity contribution in [1.82, 2.24) is 5.32 Å². The Kier molecular flexibility index (Phi) is 5.86. The molecule has 0 spiro atoms. The first-order chi connectivity index (χ1) is 12.9. The lowest BCUT2D eigenvalue weighted by Crippen LogP contribution is -2.32. The van der Waals surface area contributed by atoms with E-state index >= 15 is 0 Å². The van der Waals surface area contributed by atoms with Crippen LogP contribution in [0.1, 0.15) is 11.1 Å². The minimum atomic E-state index is -3.59. The van der Waals surface area contributed by atoms with Gasteiger partial charge in [0.1, 0.15) is 11.6 Å². The molecule has 0 saturated carbocycles. The molecule has 3 aromatic rings. The third-order valence-electron chi connectivity index (χ3n) is 4.26. The molecule has 3 aromatic carbocycles. The van der Waals surface area contributed by atoms with E-state index in [-0.39, 0.29) is 11.6 Å². The topological polar surface area (TPSA) is 63.2 Å². The predicted molar refractivity (Wildman–Crippen MR) is 105 cm³/mol. The number of amides is 1. The van der Waals surface area contributed by atoms with Crippen LogP contribution in [-0.2, 0) is 26.8 Å². The van der Waals surface area contributed by atoms with Gasteiger partial charge in [0.05, 0.1) is 5.75 Å². The van der Waals surface area contributed by atoms with Gasteiger partial charge in [-0.15, -0.1) is 0 Å². The van der Waals surface area contributed by atoms with E-state index in [1.807, 2.05) is 36.4 Å². The van der Waals surface area contributed by atoms with E-state index in [1.54, 1.807) is 18.2 Å². The Morgan fingerprint density at radius 3 is 2.41 bits per heavy atom. The van der Waals surface area contributed by atoms with Crippen molar-refractivity contribution in [2.24, 2.45) is 0 Å². The highest BCUT2D eigenvalue weighted by molar-refractivity contribution is 7.91. The van der Waals surface area contributed by atoms with Crippen molar-refractivity contribution in [2.75, 3.05) is 12.3 Å². The molecule has 27 heavy (non-hydrogen) atoms. The van der Waals surface area contributed by atoms with Crippen LogP contribution in [-0.4, -0.2) is 26.6 Å². The number of carbonyl (C=O) groups excluding carboxylic acids is 1. The second-order valence-electron chi connectivity index (χ2n) is 6.40. The van der Waals surface area contributed by atoms with Crippen molar-refractivity contribution >= 4 is 26.5 Å². The molecule has 0 aliphatic heterocycles. The zero-order valence-electron chi connectivity index (χ0n) is 14.7. The molecule has 0 aliphatic rings.